The zero-order valence-electron chi connectivity index (χ0n) is 12.8. The molecule has 0 radical (unpaired) electrons. The lowest BCUT2D eigenvalue weighted by Gasteiger charge is -2.17. The maximum atomic E-state index is 12.8. The summed E-state index contributed by atoms with van der Waals surface area (Å²) in [6.45, 7) is 7.53. The first-order valence-electron chi connectivity index (χ1n) is 6.68. The Morgan fingerprint density at radius 1 is 0.909 bits per heavy atom. The highest BCUT2D eigenvalue weighted by atomic mass is 79.9. The van der Waals surface area contributed by atoms with Crippen LogP contribution in [0.15, 0.2) is 38.1 Å². The van der Waals surface area contributed by atoms with Crippen LogP contribution >= 0.6 is 31.9 Å². The summed E-state index contributed by atoms with van der Waals surface area (Å²) >= 11 is 6.74. The van der Waals surface area contributed by atoms with E-state index in [2.05, 4.69) is 36.6 Å². The first-order chi connectivity index (χ1) is 10.1. The minimum Gasteiger partial charge on any atom is -0.278 e. The molecule has 6 heteroatoms. The summed E-state index contributed by atoms with van der Waals surface area (Å²) in [5.74, 6) is 0. The Labute approximate surface area is 148 Å². The predicted octanol–water partition coefficient (Wildman–Crippen LogP) is 5.25. The molecule has 22 heavy (non-hydrogen) atoms. The van der Waals surface area contributed by atoms with Crippen LogP contribution in [0.2, 0.25) is 0 Å². The Morgan fingerprint density at radius 3 is 1.95 bits per heavy atom. The van der Waals surface area contributed by atoms with Gasteiger partial charge in [-0.05, 0) is 84.1 Å². The summed E-state index contributed by atoms with van der Waals surface area (Å²) in [6.07, 6.45) is 0. The zero-order valence-corrected chi connectivity index (χ0v) is 16.8. The van der Waals surface area contributed by atoms with Gasteiger partial charge in [0, 0.05) is 8.95 Å². The number of rotatable bonds is 3. The number of sulfonamides is 1. The number of nitrogens with one attached hydrogen (secondary N) is 1. The van der Waals surface area contributed by atoms with E-state index in [0.29, 0.717) is 15.1 Å². The molecular formula is C16H17Br2NO2S. The second-order valence-electron chi connectivity index (χ2n) is 5.32. The molecule has 2 aromatic carbocycles. The van der Waals surface area contributed by atoms with Gasteiger partial charge in [-0.1, -0.05) is 22.0 Å². The first-order valence-corrected chi connectivity index (χ1v) is 9.75. The Morgan fingerprint density at radius 2 is 1.45 bits per heavy atom. The molecule has 2 aromatic rings. The van der Waals surface area contributed by atoms with E-state index in [-0.39, 0.29) is 0 Å². The fourth-order valence-corrected chi connectivity index (χ4v) is 5.33. The SMILES string of the molecule is Cc1cc(C)c(C)c(S(=O)(=O)Nc2ccc(Br)cc2Br)c1C. The molecule has 0 saturated carbocycles. The number of benzene rings is 2. The number of halogens is 2. The van der Waals surface area contributed by atoms with Crippen LogP contribution in [0.4, 0.5) is 5.69 Å². The van der Waals surface area contributed by atoms with E-state index in [1.807, 2.05) is 33.8 Å². The van der Waals surface area contributed by atoms with Crippen molar-refractivity contribution >= 4 is 47.6 Å². The molecule has 0 spiro atoms. The molecule has 0 saturated heterocycles. The van der Waals surface area contributed by atoms with Crippen LogP contribution in [-0.2, 0) is 10.0 Å². The van der Waals surface area contributed by atoms with Crippen molar-refractivity contribution in [3.63, 3.8) is 0 Å². The van der Waals surface area contributed by atoms with E-state index >= 15 is 0 Å². The minimum absolute atomic E-state index is 0.361. The smallest absolute Gasteiger partial charge is 0.262 e. The Balaban J connectivity index is 2.57. The van der Waals surface area contributed by atoms with Crippen molar-refractivity contribution < 1.29 is 8.42 Å². The van der Waals surface area contributed by atoms with E-state index in [9.17, 15) is 8.42 Å². The molecular weight excluding hydrogens is 430 g/mol. The average Bonchev–Trinajstić information content (AvgIpc) is 2.40. The highest BCUT2D eigenvalue weighted by Crippen LogP contribution is 2.31. The Hall–Kier alpha value is -0.850. The van der Waals surface area contributed by atoms with E-state index in [1.165, 1.54) is 0 Å². The summed E-state index contributed by atoms with van der Waals surface area (Å²) < 4.78 is 29.9. The molecule has 0 heterocycles. The van der Waals surface area contributed by atoms with Gasteiger partial charge in [0.25, 0.3) is 10.0 Å². The van der Waals surface area contributed by atoms with Crippen LogP contribution in [0, 0.1) is 27.7 Å². The van der Waals surface area contributed by atoms with Crippen molar-refractivity contribution in [3.8, 4) is 0 Å². The van der Waals surface area contributed by atoms with Crippen molar-refractivity contribution in [2.24, 2.45) is 0 Å². The monoisotopic (exact) mass is 445 g/mol. The lowest BCUT2D eigenvalue weighted by atomic mass is 10.0. The summed E-state index contributed by atoms with van der Waals surface area (Å²) in [5.41, 5.74) is 4.02. The Kier molecular flexibility index (Phi) is 5.04. The van der Waals surface area contributed by atoms with Crippen molar-refractivity contribution in [2.75, 3.05) is 4.72 Å². The number of anilines is 1. The number of hydrogen-bond acceptors (Lipinski definition) is 2. The average molecular weight is 447 g/mol. The largest absolute Gasteiger partial charge is 0.278 e. The van der Waals surface area contributed by atoms with Gasteiger partial charge < -0.3 is 0 Å². The molecule has 0 unspecified atom stereocenters. The molecule has 0 atom stereocenters. The lowest BCUT2D eigenvalue weighted by molar-refractivity contribution is 0.599. The van der Waals surface area contributed by atoms with Crippen molar-refractivity contribution in [3.05, 3.63) is 55.5 Å². The van der Waals surface area contributed by atoms with Crippen LogP contribution in [0.1, 0.15) is 22.3 Å². The van der Waals surface area contributed by atoms with Gasteiger partial charge in [0.2, 0.25) is 0 Å². The number of aryl methyl sites for hydroxylation is 2. The fraction of sp³-hybridized carbons (Fsp3) is 0.250. The fourth-order valence-electron chi connectivity index (χ4n) is 2.35. The minimum atomic E-state index is -3.65. The quantitative estimate of drug-likeness (QED) is 0.699. The van der Waals surface area contributed by atoms with Crippen molar-refractivity contribution in [2.45, 2.75) is 32.6 Å². The third-order valence-corrected chi connectivity index (χ3v) is 6.53. The van der Waals surface area contributed by atoms with Gasteiger partial charge in [-0.3, -0.25) is 4.72 Å². The predicted molar refractivity (Wildman–Crippen MR) is 98.0 cm³/mol. The van der Waals surface area contributed by atoms with E-state index in [0.717, 1.165) is 26.7 Å². The van der Waals surface area contributed by atoms with Gasteiger partial charge in [0.05, 0.1) is 10.6 Å². The maximum Gasteiger partial charge on any atom is 0.262 e. The van der Waals surface area contributed by atoms with Gasteiger partial charge in [0.15, 0.2) is 0 Å². The zero-order chi connectivity index (χ0) is 16.7. The second kappa shape index (κ2) is 6.34. The second-order valence-corrected chi connectivity index (χ2v) is 8.71. The summed E-state index contributed by atoms with van der Waals surface area (Å²) in [7, 11) is -3.65. The highest BCUT2D eigenvalue weighted by molar-refractivity contribution is 9.11. The third-order valence-electron chi connectivity index (χ3n) is 3.74. The van der Waals surface area contributed by atoms with Crippen LogP contribution in [0.5, 0.6) is 0 Å². The van der Waals surface area contributed by atoms with Crippen LogP contribution in [0.3, 0.4) is 0 Å². The standard InChI is InChI=1S/C16H17Br2NO2S/c1-9-7-10(2)12(4)16(11(9)3)22(20,21)19-15-6-5-13(17)8-14(15)18/h5-8,19H,1-4H3. The molecule has 0 aromatic heterocycles. The molecule has 2 rings (SSSR count). The van der Waals surface area contributed by atoms with Gasteiger partial charge in [-0.15, -0.1) is 0 Å². The van der Waals surface area contributed by atoms with Crippen LogP contribution in [0.25, 0.3) is 0 Å². The van der Waals surface area contributed by atoms with Gasteiger partial charge in [-0.25, -0.2) is 8.42 Å². The summed E-state index contributed by atoms with van der Waals surface area (Å²) in [4.78, 5) is 0.361. The van der Waals surface area contributed by atoms with E-state index in [1.54, 1.807) is 18.2 Å². The Bertz CT molecular complexity index is 819. The highest BCUT2D eigenvalue weighted by Gasteiger charge is 2.22. The summed E-state index contributed by atoms with van der Waals surface area (Å²) in [6, 6.07) is 7.33. The van der Waals surface area contributed by atoms with E-state index in [4.69, 9.17) is 0 Å². The molecule has 0 bridgehead atoms. The van der Waals surface area contributed by atoms with E-state index < -0.39 is 10.0 Å². The molecule has 0 amide bonds. The number of hydrogen-bond donors (Lipinski definition) is 1. The molecule has 1 N–H and O–H groups in total. The van der Waals surface area contributed by atoms with Crippen molar-refractivity contribution in [1.29, 1.82) is 0 Å². The third kappa shape index (κ3) is 3.39. The lowest BCUT2D eigenvalue weighted by Crippen LogP contribution is -2.17. The topological polar surface area (TPSA) is 46.2 Å². The molecule has 0 fully saturated rings. The van der Waals surface area contributed by atoms with Gasteiger partial charge >= 0.3 is 0 Å². The molecule has 0 aliphatic heterocycles. The van der Waals surface area contributed by atoms with Crippen LogP contribution < -0.4 is 4.72 Å². The normalized spacial score (nSPS) is 11.5. The molecule has 118 valence electrons. The maximum absolute atomic E-state index is 12.8. The molecule has 3 nitrogen and oxygen atoms in total. The molecule has 0 aliphatic carbocycles. The van der Waals surface area contributed by atoms with Gasteiger partial charge in [0.1, 0.15) is 0 Å². The first kappa shape index (κ1) is 17.5. The van der Waals surface area contributed by atoms with Crippen molar-refractivity contribution in [1.82, 2.24) is 0 Å². The summed E-state index contributed by atoms with van der Waals surface area (Å²) in [5, 5.41) is 0. The van der Waals surface area contributed by atoms with Crippen LogP contribution in [-0.4, -0.2) is 8.42 Å². The van der Waals surface area contributed by atoms with Gasteiger partial charge in [-0.2, -0.15) is 0 Å². The molecule has 0 aliphatic rings.